The van der Waals surface area contributed by atoms with E-state index in [0.717, 1.165) is 48.4 Å². The lowest BCUT2D eigenvalue weighted by Gasteiger charge is -2.31. The molecule has 0 spiro atoms. The highest BCUT2D eigenvalue weighted by Gasteiger charge is 2.28. The molecule has 2 heteroatoms. The number of rotatable bonds is 35. The summed E-state index contributed by atoms with van der Waals surface area (Å²) < 4.78 is 0. The Morgan fingerprint density at radius 2 is 0.490 bits per heavy atom. The van der Waals surface area contributed by atoms with E-state index in [4.69, 9.17) is 0 Å². The van der Waals surface area contributed by atoms with Crippen LogP contribution in [0.5, 0.6) is 0 Å². The van der Waals surface area contributed by atoms with Crippen molar-refractivity contribution in [2.75, 3.05) is 9.80 Å². The van der Waals surface area contributed by atoms with E-state index in [2.05, 4.69) is 332 Å². The van der Waals surface area contributed by atoms with Crippen molar-refractivity contribution in [2.45, 2.75) is 207 Å². The summed E-state index contributed by atoms with van der Waals surface area (Å²) in [7, 11) is 0. The molecular formula is C100H112N2. The van der Waals surface area contributed by atoms with Crippen LogP contribution < -0.4 is 9.80 Å². The van der Waals surface area contributed by atoms with Crippen molar-refractivity contribution >= 4 is 55.7 Å². The van der Waals surface area contributed by atoms with E-state index in [1.807, 2.05) is 0 Å². The number of fused-ring (bicyclic) bond motifs is 2. The van der Waals surface area contributed by atoms with E-state index in [9.17, 15) is 0 Å². The third-order valence-corrected chi connectivity index (χ3v) is 22.3. The summed E-state index contributed by atoms with van der Waals surface area (Å²) in [5, 5.41) is 5.29. The van der Waals surface area contributed by atoms with Crippen molar-refractivity contribution in [3.8, 4) is 55.6 Å². The first kappa shape index (κ1) is 72.5. The van der Waals surface area contributed by atoms with Crippen molar-refractivity contribution in [1.82, 2.24) is 0 Å². The number of nitrogens with zero attached hydrogens (tertiary/aromatic N) is 2. The van der Waals surface area contributed by atoms with Crippen LogP contribution in [0.15, 0.2) is 267 Å². The minimum atomic E-state index is 0.152. The van der Waals surface area contributed by atoms with Crippen molar-refractivity contribution in [3.05, 3.63) is 289 Å². The number of hydrogen-bond acceptors (Lipinski definition) is 2. The van der Waals surface area contributed by atoms with Gasteiger partial charge in [0.15, 0.2) is 0 Å². The molecule has 0 atom stereocenters. The fraction of sp³-hybridized carbons (Fsp3) is 0.320. The van der Waals surface area contributed by atoms with Gasteiger partial charge in [-0.25, -0.2) is 0 Å². The Morgan fingerprint density at radius 3 is 0.794 bits per heavy atom. The summed E-state index contributed by atoms with van der Waals surface area (Å²) in [5.74, 6) is 0. The Labute approximate surface area is 614 Å². The number of aryl methyl sites for hydroxylation is 2. The second-order valence-corrected chi connectivity index (χ2v) is 29.8. The minimum Gasteiger partial charge on any atom is -0.311 e. The Hall–Kier alpha value is -9.24. The van der Waals surface area contributed by atoms with Crippen LogP contribution in [-0.2, 0) is 23.7 Å². The van der Waals surface area contributed by atoms with Gasteiger partial charge in [-0.15, -0.1) is 0 Å². The molecule has 0 bridgehead atoms. The molecular weight excluding hydrogens is 1230 g/mol. The van der Waals surface area contributed by atoms with E-state index >= 15 is 0 Å². The van der Waals surface area contributed by atoms with E-state index < -0.39 is 0 Å². The molecule has 12 rings (SSSR count). The van der Waals surface area contributed by atoms with Gasteiger partial charge < -0.3 is 9.80 Å². The summed E-state index contributed by atoms with van der Waals surface area (Å²) in [6.07, 6.45) is 26.5. The van der Waals surface area contributed by atoms with Gasteiger partial charge in [0, 0.05) is 34.1 Å². The predicted molar refractivity (Wildman–Crippen MR) is 446 cm³/mol. The van der Waals surface area contributed by atoms with Crippen LogP contribution in [0.1, 0.15) is 206 Å². The van der Waals surface area contributed by atoms with Gasteiger partial charge >= 0.3 is 0 Å². The Kier molecular flexibility index (Phi) is 25.0. The standard InChI is InChI=1S/C100H112N2/c1-9-15-17-19-21-25-39-81-73-95(79-49-61-87(62-50-79)101(85-57-45-77(46-58-85)75-35-27-23-28-36-75)89-65-53-83(54-66-89)99(7,69-11-3)70-12-4)91-41-31-33-43-93(91)97(81)98-82(40-26-22-20-18-16-10-2)74-96(92-42-32-34-44-94(92)98)80-51-63-88(64-52-80)102(86-59-47-78(48-60-86)76-37-29-24-30-38-76)90-67-55-84(56-68-90)100(8,71-13-5)72-14-6/h23-24,27-38,41-68,73-74H,9-22,25-26,39-40,69-72H2,1-8H3. The van der Waals surface area contributed by atoms with E-state index in [0.29, 0.717) is 0 Å². The molecule has 0 aliphatic heterocycles. The van der Waals surface area contributed by atoms with Crippen molar-refractivity contribution in [2.24, 2.45) is 0 Å². The van der Waals surface area contributed by atoms with E-state index in [1.54, 1.807) is 0 Å². The maximum absolute atomic E-state index is 2.63. The average molecular weight is 1340 g/mol. The fourth-order valence-corrected chi connectivity index (χ4v) is 16.9. The molecule has 0 saturated heterocycles. The van der Waals surface area contributed by atoms with Crippen LogP contribution in [0.4, 0.5) is 34.1 Å². The summed E-state index contributed by atoms with van der Waals surface area (Å²) in [4.78, 5) is 4.91. The van der Waals surface area contributed by atoms with Crippen LogP contribution in [-0.4, -0.2) is 0 Å². The number of hydrogen-bond donors (Lipinski definition) is 0. The third-order valence-electron chi connectivity index (χ3n) is 22.3. The van der Waals surface area contributed by atoms with E-state index in [-0.39, 0.29) is 10.8 Å². The normalized spacial score (nSPS) is 11.8. The van der Waals surface area contributed by atoms with Crippen LogP contribution in [0, 0.1) is 0 Å². The average Bonchev–Trinajstić information content (AvgIpc) is 0.735. The summed E-state index contributed by atoms with van der Waals surface area (Å²) >= 11 is 0. The molecule has 0 radical (unpaired) electrons. The second-order valence-electron chi connectivity index (χ2n) is 29.8. The Bertz CT molecular complexity index is 4260. The minimum absolute atomic E-state index is 0.152. The maximum Gasteiger partial charge on any atom is 0.0462 e. The SMILES string of the molecule is CCCCCCCCc1cc(-c2ccc(N(c3ccc(-c4ccccc4)cc3)c3ccc(C(C)(CCC)CCC)cc3)cc2)c2ccccc2c1-c1c(CCCCCCCC)cc(-c2ccc(N(c3ccc(-c4ccccc4)cc3)c3ccc(C(C)(CCC)CCC)cc3)cc2)c2ccccc12. The Balaban J connectivity index is 0.968. The first-order valence-corrected chi connectivity index (χ1v) is 39.5. The molecule has 12 aromatic carbocycles. The van der Waals surface area contributed by atoms with Gasteiger partial charge in [0.2, 0.25) is 0 Å². The van der Waals surface area contributed by atoms with Crippen LogP contribution in [0.3, 0.4) is 0 Å². The molecule has 0 saturated carbocycles. The molecule has 0 aliphatic rings. The molecule has 0 unspecified atom stereocenters. The number of benzene rings is 12. The zero-order chi connectivity index (χ0) is 70.7. The van der Waals surface area contributed by atoms with Gasteiger partial charge in [-0.3, -0.25) is 0 Å². The lowest BCUT2D eigenvalue weighted by atomic mass is 9.75. The zero-order valence-corrected chi connectivity index (χ0v) is 62.9. The lowest BCUT2D eigenvalue weighted by molar-refractivity contribution is 0.392. The van der Waals surface area contributed by atoms with Crippen molar-refractivity contribution in [3.63, 3.8) is 0 Å². The molecule has 2 nitrogen and oxygen atoms in total. The summed E-state index contributed by atoms with van der Waals surface area (Å²) in [6.45, 7) is 18.9. The maximum atomic E-state index is 2.63. The highest BCUT2D eigenvalue weighted by atomic mass is 15.1. The van der Waals surface area contributed by atoms with Crippen LogP contribution in [0.25, 0.3) is 77.2 Å². The fourth-order valence-electron chi connectivity index (χ4n) is 16.9. The molecule has 0 aromatic heterocycles. The quantitative estimate of drug-likeness (QED) is 0.0365. The molecule has 12 aromatic rings. The van der Waals surface area contributed by atoms with Gasteiger partial charge in [-0.1, -0.05) is 327 Å². The topological polar surface area (TPSA) is 6.48 Å². The monoisotopic (exact) mass is 1340 g/mol. The van der Waals surface area contributed by atoms with Gasteiger partial charge in [-0.2, -0.15) is 0 Å². The second kappa shape index (κ2) is 35.1. The highest BCUT2D eigenvalue weighted by molar-refractivity contribution is 6.14. The number of anilines is 6. The van der Waals surface area contributed by atoms with E-state index in [1.165, 1.54) is 226 Å². The predicted octanol–water partition coefficient (Wildman–Crippen LogP) is 30.8. The molecule has 0 heterocycles. The molecule has 0 N–H and O–H groups in total. The largest absolute Gasteiger partial charge is 0.311 e. The van der Waals surface area contributed by atoms with Crippen LogP contribution >= 0.6 is 0 Å². The van der Waals surface area contributed by atoms with Gasteiger partial charge in [0.25, 0.3) is 0 Å². The van der Waals surface area contributed by atoms with Crippen molar-refractivity contribution < 1.29 is 0 Å². The summed E-state index contributed by atoms with van der Waals surface area (Å²) in [6, 6.07) is 102. The first-order valence-electron chi connectivity index (χ1n) is 39.5. The molecule has 0 amide bonds. The highest BCUT2D eigenvalue weighted by Crippen LogP contribution is 2.49. The Morgan fingerprint density at radius 1 is 0.235 bits per heavy atom. The van der Waals surface area contributed by atoms with Crippen LogP contribution in [0.2, 0.25) is 0 Å². The number of unbranched alkanes of at least 4 members (excludes halogenated alkanes) is 10. The molecule has 522 valence electrons. The van der Waals surface area contributed by atoms with Gasteiger partial charge in [0.05, 0.1) is 0 Å². The summed E-state index contributed by atoms with van der Waals surface area (Å²) in [5.41, 5.74) is 25.8. The molecule has 102 heavy (non-hydrogen) atoms. The first-order chi connectivity index (χ1) is 50.1. The smallest absolute Gasteiger partial charge is 0.0462 e. The lowest BCUT2D eigenvalue weighted by Crippen LogP contribution is -2.21. The van der Waals surface area contributed by atoms with Gasteiger partial charge in [-0.05, 0) is 247 Å². The zero-order valence-electron chi connectivity index (χ0n) is 62.9. The molecule has 0 aliphatic carbocycles. The van der Waals surface area contributed by atoms with Crippen molar-refractivity contribution in [1.29, 1.82) is 0 Å². The van der Waals surface area contributed by atoms with Gasteiger partial charge in [0.1, 0.15) is 0 Å². The third kappa shape index (κ3) is 16.8. The molecule has 0 fully saturated rings.